The molecule has 21 heavy (non-hydrogen) atoms. The average Bonchev–Trinajstić information content (AvgIpc) is 2.75. The minimum absolute atomic E-state index is 0. The number of nitrogens with one attached hydrogen (secondary N) is 1. The molecule has 2 rings (SSSR count). The lowest BCUT2D eigenvalue weighted by Gasteiger charge is -2.34. The molecule has 0 spiro atoms. The molecule has 0 aliphatic carbocycles. The van der Waals surface area contributed by atoms with Crippen LogP contribution in [-0.2, 0) is 10.2 Å². The summed E-state index contributed by atoms with van der Waals surface area (Å²) in [5, 5.41) is 3.18. The zero-order valence-electron chi connectivity index (χ0n) is 13.1. The first-order chi connectivity index (χ1) is 9.64. The summed E-state index contributed by atoms with van der Waals surface area (Å²) < 4.78 is 28.7. The molecule has 1 N–H and O–H groups in total. The Labute approximate surface area is 136 Å². The van der Waals surface area contributed by atoms with E-state index in [1.54, 1.807) is 8.61 Å². The number of rotatable bonds is 5. The lowest BCUT2D eigenvalue weighted by Crippen LogP contribution is -2.47. The van der Waals surface area contributed by atoms with Gasteiger partial charge in [0.1, 0.15) is 0 Å². The topological polar surface area (TPSA) is 52.7 Å². The van der Waals surface area contributed by atoms with E-state index in [-0.39, 0.29) is 12.4 Å². The second-order valence-corrected chi connectivity index (χ2v) is 7.98. The molecular weight excluding hydrogens is 310 g/mol. The molecule has 0 aromatic carbocycles. The van der Waals surface area contributed by atoms with Crippen molar-refractivity contribution in [1.82, 2.24) is 13.9 Å². The van der Waals surface area contributed by atoms with Crippen LogP contribution in [-0.4, -0.2) is 56.8 Å². The molecule has 0 aromatic heterocycles. The van der Waals surface area contributed by atoms with Crippen molar-refractivity contribution in [3.05, 3.63) is 0 Å². The van der Waals surface area contributed by atoms with E-state index in [1.807, 2.05) is 7.05 Å². The molecule has 0 aromatic rings. The van der Waals surface area contributed by atoms with Gasteiger partial charge in [-0.05, 0) is 51.6 Å². The van der Waals surface area contributed by atoms with Crippen molar-refractivity contribution >= 4 is 22.6 Å². The molecule has 0 atom stereocenters. The molecule has 7 heteroatoms. The molecule has 2 aliphatic rings. The van der Waals surface area contributed by atoms with Crippen molar-refractivity contribution in [3.63, 3.8) is 0 Å². The molecule has 0 bridgehead atoms. The van der Waals surface area contributed by atoms with Gasteiger partial charge in [0.05, 0.1) is 0 Å². The van der Waals surface area contributed by atoms with Crippen molar-refractivity contribution in [3.8, 4) is 0 Å². The predicted octanol–water partition coefficient (Wildman–Crippen LogP) is 1.85. The molecule has 2 aliphatic heterocycles. The fourth-order valence-electron chi connectivity index (χ4n) is 3.21. The summed E-state index contributed by atoms with van der Waals surface area (Å²) in [6.07, 6.45) is 7.53. The number of hydrogen-bond acceptors (Lipinski definition) is 3. The minimum Gasteiger partial charge on any atom is -0.320 e. The summed E-state index contributed by atoms with van der Waals surface area (Å²) in [4.78, 5) is 0. The van der Waals surface area contributed by atoms with Gasteiger partial charge in [-0.3, -0.25) is 0 Å². The second kappa shape index (κ2) is 9.30. The van der Waals surface area contributed by atoms with Gasteiger partial charge in [-0.25, -0.2) is 0 Å². The van der Waals surface area contributed by atoms with Crippen LogP contribution in [0.15, 0.2) is 0 Å². The maximum atomic E-state index is 12.7. The quantitative estimate of drug-likeness (QED) is 0.831. The van der Waals surface area contributed by atoms with Gasteiger partial charge in [-0.2, -0.15) is 17.0 Å². The monoisotopic (exact) mass is 339 g/mol. The Hall–Kier alpha value is 0.120. The van der Waals surface area contributed by atoms with E-state index in [9.17, 15) is 8.42 Å². The summed E-state index contributed by atoms with van der Waals surface area (Å²) in [5.41, 5.74) is 0. The van der Waals surface area contributed by atoms with Crippen LogP contribution in [0.2, 0.25) is 0 Å². The highest BCUT2D eigenvalue weighted by molar-refractivity contribution is 7.86. The third-order valence-corrected chi connectivity index (χ3v) is 6.63. The zero-order valence-corrected chi connectivity index (χ0v) is 14.7. The highest BCUT2D eigenvalue weighted by Crippen LogP contribution is 2.24. The molecule has 2 fully saturated rings. The Morgan fingerprint density at radius 2 is 1.48 bits per heavy atom. The standard InChI is InChI=1S/C14H29N3O2S.ClH/c1-15-9-6-14-7-12-17(13-8-14)20(18,19)16-10-4-2-3-5-11-16;/h14-15H,2-13H2,1H3;1H. The fourth-order valence-corrected chi connectivity index (χ4v) is 4.93. The molecule has 2 saturated heterocycles. The Bertz CT molecular complexity index is 376. The van der Waals surface area contributed by atoms with Crippen LogP contribution in [0.25, 0.3) is 0 Å². The van der Waals surface area contributed by atoms with Crippen molar-refractivity contribution in [2.24, 2.45) is 5.92 Å². The van der Waals surface area contributed by atoms with E-state index in [0.717, 1.165) is 51.5 Å². The lowest BCUT2D eigenvalue weighted by molar-refractivity contribution is 0.246. The third-order valence-electron chi connectivity index (χ3n) is 4.59. The lowest BCUT2D eigenvalue weighted by atomic mass is 9.95. The molecule has 126 valence electrons. The van der Waals surface area contributed by atoms with Crippen molar-refractivity contribution in [1.29, 1.82) is 0 Å². The molecule has 0 saturated carbocycles. The van der Waals surface area contributed by atoms with Gasteiger partial charge in [0.15, 0.2) is 0 Å². The smallest absolute Gasteiger partial charge is 0.281 e. The Kier molecular flexibility index (Phi) is 8.49. The maximum absolute atomic E-state index is 12.7. The van der Waals surface area contributed by atoms with Crippen LogP contribution < -0.4 is 5.32 Å². The molecule has 0 unspecified atom stereocenters. The molecule has 2 heterocycles. The summed E-state index contributed by atoms with van der Waals surface area (Å²) in [5.74, 6) is 0.679. The van der Waals surface area contributed by atoms with E-state index in [2.05, 4.69) is 5.32 Å². The van der Waals surface area contributed by atoms with Crippen LogP contribution in [0, 0.1) is 5.92 Å². The van der Waals surface area contributed by atoms with E-state index >= 15 is 0 Å². The average molecular weight is 340 g/mol. The van der Waals surface area contributed by atoms with Crippen molar-refractivity contribution in [2.45, 2.75) is 44.9 Å². The predicted molar refractivity (Wildman–Crippen MR) is 89.0 cm³/mol. The fraction of sp³-hybridized carbons (Fsp3) is 1.00. The first-order valence-corrected chi connectivity index (χ1v) is 9.44. The zero-order chi connectivity index (χ0) is 14.4. The van der Waals surface area contributed by atoms with Gasteiger partial charge in [0.25, 0.3) is 10.2 Å². The van der Waals surface area contributed by atoms with Gasteiger partial charge in [-0.15, -0.1) is 12.4 Å². The van der Waals surface area contributed by atoms with Crippen LogP contribution in [0.5, 0.6) is 0 Å². The van der Waals surface area contributed by atoms with Gasteiger partial charge in [0, 0.05) is 26.2 Å². The van der Waals surface area contributed by atoms with E-state index in [4.69, 9.17) is 0 Å². The summed E-state index contributed by atoms with van der Waals surface area (Å²) in [6, 6.07) is 0. The minimum atomic E-state index is -3.20. The van der Waals surface area contributed by atoms with Gasteiger partial charge in [-0.1, -0.05) is 12.8 Å². The molecular formula is C14H30ClN3O2S. The molecule has 0 radical (unpaired) electrons. The first kappa shape index (κ1) is 19.2. The summed E-state index contributed by atoms with van der Waals surface area (Å²) >= 11 is 0. The van der Waals surface area contributed by atoms with E-state index in [0.29, 0.717) is 32.1 Å². The van der Waals surface area contributed by atoms with Gasteiger partial charge >= 0.3 is 0 Å². The highest BCUT2D eigenvalue weighted by Gasteiger charge is 2.32. The number of piperidine rings is 1. The normalized spacial score (nSPS) is 23.5. The van der Waals surface area contributed by atoms with Crippen LogP contribution in [0.3, 0.4) is 0 Å². The van der Waals surface area contributed by atoms with Gasteiger partial charge in [0.2, 0.25) is 0 Å². The SMILES string of the molecule is CNCCC1CCN(S(=O)(=O)N2CCCCCC2)CC1.Cl. The second-order valence-electron chi connectivity index (χ2n) is 6.06. The van der Waals surface area contributed by atoms with Crippen LogP contribution in [0.1, 0.15) is 44.9 Å². The Morgan fingerprint density at radius 3 is 2.00 bits per heavy atom. The summed E-state index contributed by atoms with van der Waals surface area (Å²) in [6.45, 7) is 3.86. The Balaban J connectivity index is 0.00000220. The summed E-state index contributed by atoms with van der Waals surface area (Å²) in [7, 11) is -1.23. The van der Waals surface area contributed by atoms with Gasteiger partial charge < -0.3 is 5.32 Å². The Morgan fingerprint density at radius 1 is 0.952 bits per heavy atom. The highest BCUT2D eigenvalue weighted by atomic mass is 35.5. The molecule has 5 nitrogen and oxygen atoms in total. The van der Waals surface area contributed by atoms with Crippen LogP contribution >= 0.6 is 12.4 Å². The largest absolute Gasteiger partial charge is 0.320 e. The number of nitrogens with zero attached hydrogens (tertiary/aromatic N) is 2. The third kappa shape index (κ3) is 5.36. The number of halogens is 1. The van der Waals surface area contributed by atoms with E-state index in [1.165, 1.54) is 0 Å². The van der Waals surface area contributed by atoms with Crippen molar-refractivity contribution in [2.75, 3.05) is 39.8 Å². The van der Waals surface area contributed by atoms with E-state index < -0.39 is 10.2 Å². The van der Waals surface area contributed by atoms with Crippen LogP contribution in [0.4, 0.5) is 0 Å². The van der Waals surface area contributed by atoms with Crippen molar-refractivity contribution < 1.29 is 8.42 Å². The first-order valence-electron chi connectivity index (χ1n) is 8.04. The molecule has 0 amide bonds. The number of hydrogen-bond donors (Lipinski definition) is 1. The maximum Gasteiger partial charge on any atom is 0.281 e.